The lowest BCUT2D eigenvalue weighted by molar-refractivity contribution is -0.130. The van der Waals surface area contributed by atoms with Gasteiger partial charge in [0, 0.05) is 26.2 Å². The van der Waals surface area contributed by atoms with E-state index in [4.69, 9.17) is 4.74 Å². The van der Waals surface area contributed by atoms with E-state index in [0.29, 0.717) is 32.5 Å². The van der Waals surface area contributed by atoms with Crippen molar-refractivity contribution in [1.29, 1.82) is 0 Å². The molecule has 2 aliphatic heterocycles. The molecule has 5 nitrogen and oxygen atoms in total. The summed E-state index contributed by atoms with van der Waals surface area (Å²) in [7, 11) is 0. The number of β-amino-alcohol motifs (C(OH)–C–C–N with tert-alkyl or cyclic N) is 1. The Morgan fingerprint density at radius 2 is 1.96 bits per heavy atom. The number of likely N-dealkylation sites (tertiary alicyclic amines) is 1. The van der Waals surface area contributed by atoms with Gasteiger partial charge in [0.15, 0.2) is 0 Å². The number of amides is 1. The van der Waals surface area contributed by atoms with Crippen LogP contribution in [-0.2, 0) is 28.8 Å². The van der Waals surface area contributed by atoms with E-state index in [1.54, 1.807) is 0 Å². The van der Waals surface area contributed by atoms with E-state index in [2.05, 4.69) is 23.1 Å². The number of aryl methyl sites for hydroxylation is 2. The highest BCUT2D eigenvalue weighted by Gasteiger charge is 2.39. The van der Waals surface area contributed by atoms with Crippen molar-refractivity contribution in [2.24, 2.45) is 0 Å². The number of carbonyl (C=O) groups is 1. The topological polar surface area (TPSA) is 53.0 Å². The number of hydrogen-bond donors (Lipinski definition) is 1. The predicted octanol–water partition coefficient (Wildman–Crippen LogP) is 1.01. The fourth-order valence-corrected chi connectivity index (χ4v) is 4.40. The lowest BCUT2D eigenvalue weighted by atomic mass is 10.0. The molecule has 1 amide bonds. The molecule has 0 saturated carbocycles. The number of morpholine rings is 1. The smallest absolute Gasteiger partial charge is 0.227 e. The zero-order valence-electron chi connectivity index (χ0n) is 14.9. The molecule has 136 valence electrons. The third-order valence-electron chi connectivity index (χ3n) is 5.82. The average molecular weight is 344 g/mol. The van der Waals surface area contributed by atoms with Crippen LogP contribution in [0.1, 0.15) is 29.5 Å². The van der Waals surface area contributed by atoms with Crippen molar-refractivity contribution in [1.82, 2.24) is 9.80 Å². The first-order valence-corrected chi connectivity index (χ1v) is 9.52. The minimum Gasteiger partial charge on any atom is -0.387 e. The zero-order valence-corrected chi connectivity index (χ0v) is 14.9. The molecule has 5 heteroatoms. The SMILES string of the molecule is O=C(Cc1ccc2c(c1)CCC2)N1CC[C@@](O)(CN2CCOCC2)C1. The molecule has 3 aliphatic rings. The van der Waals surface area contributed by atoms with Crippen LogP contribution in [0.25, 0.3) is 0 Å². The number of benzene rings is 1. The Balaban J connectivity index is 1.33. The van der Waals surface area contributed by atoms with E-state index >= 15 is 0 Å². The highest BCUT2D eigenvalue weighted by Crippen LogP contribution is 2.26. The molecule has 1 aromatic rings. The summed E-state index contributed by atoms with van der Waals surface area (Å²) in [5.41, 5.74) is 3.19. The summed E-state index contributed by atoms with van der Waals surface area (Å²) in [6.07, 6.45) is 4.65. The van der Waals surface area contributed by atoms with Gasteiger partial charge < -0.3 is 14.7 Å². The largest absolute Gasteiger partial charge is 0.387 e. The van der Waals surface area contributed by atoms with Gasteiger partial charge in [-0.1, -0.05) is 18.2 Å². The van der Waals surface area contributed by atoms with E-state index in [-0.39, 0.29) is 5.91 Å². The zero-order chi connectivity index (χ0) is 17.3. The van der Waals surface area contributed by atoms with Crippen LogP contribution in [0.3, 0.4) is 0 Å². The molecule has 1 aliphatic carbocycles. The van der Waals surface area contributed by atoms with Crippen LogP contribution in [0.5, 0.6) is 0 Å². The molecule has 0 bridgehead atoms. The van der Waals surface area contributed by atoms with Crippen molar-refractivity contribution in [3.05, 3.63) is 34.9 Å². The van der Waals surface area contributed by atoms with E-state index in [1.165, 1.54) is 24.0 Å². The van der Waals surface area contributed by atoms with Crippen molar-refractivity contribution in [2.75, 3.05) is 45.9 Å². The first-order valence-electron chi connectivity index (χ1n) is 9.52. The second-order valence-corrected chi connectivity index (χ2v) is 7.81. The van der Waals surface area contributed by atoms with Crippen molar-refractivity contribution in [2.45, 2.75) is 37.7 Å². The minimum atomic E-state index is -0.773. The maximum Gasteiger partial charge on any atom is 0.227 e. The summed E-state index contributed by atoms with van der Waals surface area (Å²) >= 11 is 0. The molecule has 1 N–H and O–H groups in total. The molecule has 4 rings (SSSR count). The average Bonchev–Trinajstić information content (AvgIpc) is 3.22. The Hall–Kier alpha value is -1.43. The lowest BCUT2D eigenvalue weighted by Gasteiger charge is -2.33. The molecule has 0 aromatic heterocycles. The van der Waals surface area contributed by atoms with Gasteiger partial charge in [-0.25, -0.2) is 0 Å². The third-order valence-corrected chi connectivity index (χ3v) is 5.82. The first-order chi connectivity index (χ1) is 12.1. The molecular formula is C20H28N2O3. The fraction of sp³-hybridized carbons (Fsp3) is 0.650. The maximum absolute atomic E-state index is 12.7. The van der Waals surface area contributed by atoms with E-state index in [0.717, 1.165) is 38.3 Å². The molecule has 0 spiro atoms. The molecule has 0 unspecified atom stereocenters. The number of carbonyl (C=O) groups excluding carboxylic acids is 1. The summed E-state index contributed by atoms with van der Waals surface area (Å²) < 4.78 is 5.37. The van der Waals surface area contributed by atoms with Crippen molar-refractivity contribution in [3.8, 4) is 0 Å². The number of ether oxygens (including phenoxy) is 1. The molecule has 1 atom stereocenters. The molecule has 2 heterocycles. The van der Waals surface area contributed by atoms with Gasteiger partial charge in [-0.3, -0.25) is 9.69 Å². The van der Waals surface area contributed by atoms with Gasteiger partial charge >= 0.3 is 0 Å². The number of rotatable bonds is 4. The van der Waals surface area contributed by atoms with Crippen LogP contribution in [0.4, 0.5) is 0 Å². The van der Waals surface area contributed by atoms with Crippen LogP contribution in [-0.4, -0.2) is 72.4 Å². The normalized spacial score (nSPS) is 26.8. The Morgan fingerprint density at radius 3 is 2.80 bits per heavy atom. The summed E-state index contributed by atoms with van der Waals surface area (Å²) in [6, 6.07) is 6.48. The number of hydrogen-bond acceptors (Lipinski definition) is 4. The lowest BCUT2D eigenvalue weighted by Crippen LogP contribution is -2.49. The Kier molecular flexibility index (Phi) is 4.80. The van der Waals surface area contributed by atoms with E-state index in [1.807, 2.05) is 4.90 Å². The maximum atomic E-state index is 12.7. The summed E-state index contributed by atoms with van der Waals surface area (Å²) in [6.45, 7) is 4.95. The van der Waals surface area contributed by atoms with Crippen LogP contribution < -0.4 is 0 Å². The Morgan fingerprint density at radius 1 is 1.16 bits per heavy atom. The van der Waals surface area contributed by atoms with Crippen LogP contribution in [0, 0.1) is 0 Å². The van der Waals surface area contributed by atoms with Crippen LogP contribution in [0.2, 0.25) is 0 Å². The molecule has 1 aromatic carbocycles. The molecule has 25 heavy (non-hydrogen) atoms. The molecule has 2 saturated heterocycles. The Labute approximate surface area is 149 Å². The predicted molar refractivity (Wildman–Crippen MR) is 95.6 cm³/mol. The van der Waals surface area contributed by atoms with Gasteiger partial charge in [0.25, 0.3) is 0 Å². The van der Waals surface area contributed by atoms with Crippen molar-refractivity contribution < 1.29 is 14.6 Å². The second kappa shape index (κ2) is 7.06. The van der Waals surface area contributed by atoms with Gasteiger partial charge in [0.1, 0.15) is 0 Å². The monoisotopic (exact) mass is 344 g/mol. The van der Waals surface area contributed by atoms with Gasteiger partial charge in [0.05, 0.1) is 31.8 Å². The number of nitrogens with zero attached hydrogens (tertiary/aromatic N) is 2. The summed E-state index contributed by atoms with van der Waals surface area (Å²) in [5.74, 6) is 0.135. The molecule has 2 fully saturated rings. The van der Waals surface area contributed by atoms with Gasteiger partial charge in [-0.15, -0.1) is 0 Å². The van der Waals surface area contributed by atoms with Gasteiger partial charge in [-0.2, -0.15) is 0 Å². The highest BCUT2D eigenvalue weighted by atomic mass is 16.5. The summed E-state index contributed by atoms with van der Waals surface area (Å²) in [5, 5.41) is 10.9. The minimum absolute atomic E-state index is 0.135. The molecule has 0 radical (unpaired) electrons. The highest BCUT2D eigenvalue weighted by molar-refractivity contribution is 5.79. The quantitative estimate of drug-likeness (QED) is 0.886. The van der Waals surface area contributed by atoms with Crippen LogP contribution in [0.15, 0.2) is 18.2 Å². The molecular weight excluding hydrogens is 316 g/mol. The Bertz CT molecular complexity index is 642. The number of aliphatic hydroxyl groups is 1. The fourth-order valence-electron chi connectivity index (χ4n) is 4.40. The van der Waals surface area contributed by atoms with E-state index < -0.39 is 5.60 Å². The number of fused-ring (bicyclic) bond motifs is 1. The van der Waals surface area contributed by atoms with Gasteiger partial charge in [-0.05, 0) is 42.4 Å². The third kappa shape index (κ3) is 3.89. The van der Waals surface area contributed by atoms with Crippen molar-refractivity contribution >= 4 is 5.91 Å². The summed E-state index contributed by atoms with van der Waals surface area (Å²) in [4.78, 5) is 16.8. The second-order valence-electron chi connectivity index (χ2n) is 7.81. The standard InChI is InChI=1S/C20H28N2O3/c23-19(13-16-4-5-17-2-1-3-18(17)12-16)22-7-6-20(24,15-22)14-21-8-10-25-11-9-21/h4-5,12,24H,1-3,6-11,13-15H2/t20-/m1/s1. The van der Waals surface area contributed by atoms with Crippen molar-refractivity contribution in [3.63, 3.8) is 0 Å². The first kappa shape index (κ1) is 17.0. The van der Waals surface area contributed by atoms with E-state index in [9.17, 15) is 9.90 Å². The van der Waals surface area contributed by atoms with Crippen LogP contribution >= 0.6 is 0 Å². The van der Waals surface area contributed by atoms with Gasteiger partial charge in [0.2, 0.25) is 5.91 Å².